The smallest absolute Gasteiger partial charge is 0.306 e. The lowest BCUT2D eigenvalue weighted by atomic mass is 10.0. The monoisotopic (exact) mass is 969 g/mol. The van der Waals surface area contributed by atoms with Crippen molar-refractivity contribution >= 4 is 17.9 Å². The number of allylic oxidation sites excluding steroid dienone is 6. The fourth-order valence-corrected chi connectivity index (χ4v) is 9.00. The third kappa shape index (κ3) is 56.4. The minimum Gasteiger partial charge on any atom is -0.462 e. The Balaban J connectivity index is 4.36. The van der Waals surface area contributed by atoms with Crippen molar-refractivity contribution in [2.45, 2.75) is 335 Å². The van der Waals surface area contributed by atoms with E-state index in [0.717, 1.165) is 77.0 Å². The number of ether oxygens (including phenoxy) is 3. The van der Waals surface area contributed by atoms with Gasteiger partial charge in [-0.05, 0) is 77.0 Å². The van der Waals surface area contributed by atoms with Gasteiger partial charge in [0.25, 0.3) is 0 Å². The first kappa shape index (κ1) is 66.6. The number of carbonyl (C=O) groups excluding carboxylic acids is 3. The number of rotatable bonds is 56. The molecule has 0 saturated heterocycles. The van der Waals surface area contributed by atoms with Gasteiger partial charge in [0.2, 0.25) is 0 Å². The van der Waals surface area contributed by atoms with Gasteiger partial charge in [-0.1, -0.05) is 269 Å². The van der Waals surface area contributed by atoms with Crippen molar-refractivity contribution in [1.82, 2.24) is 0 Å². The summed E-state index contributed by atoms with van der Waals surface area (Å²) >= 11 is 0. The summed E-state index contributed by atoms with van der Waals surface area (Å²) < 4.78 is 16.9. The van der Waals surface area contributed by atoms with Gasteiger partial charge in [0, 0.05) is 19.3 Å². The maximum Gasteiger partial charge on any atom is 0.306 e. The quantitative estimate of drug-likeness (QED) is 0.0261. The van der Waals surface area contributed by atoms with E-state index in [0.29, 0.717) is 19.3 Å². The van der Waals surface area contributed by atoms with Gasteiger partial charge in [0.1, 0.15) is 13.2 Å². The van der Waals surface area contributed by atoms with E-state index in [2.05, 4.69) is 57.2 Å². The molecule has 0 fully saturated rings. The Hall–Kier alpha value is -2.37. The van der Waals surface area contributed by atoms with E-state index in [4.69, 9.17) is 14.2 Å². The predicted octanol–water partition coefficient (Wildman–Crippen LogP) is 20.4. The summed E-state index contributed by atoms with van der Waals surface area (Å²) in [7, 11) is 0. The lowest BCUT2D eigenvalue weighted by molar-refractivity contribution is -0.167. The van der Waals surface area contributed by atoms with Gasteiger partial charge in [0.15, 0.2) is 6.10 Å². The minimum absolute atomic E-state index is 0.0752. The average Bonchev–Trinajstić information content (AvgIpc) is 3.35. The SMILES string of the molecule is CCCCCC/C=C\C/C=C\CCCCCCCC(=O)OCC(COC(=O)CCCCCCCCC/C=C\CCCCCCCCC)OC(=O)CCCCCCCCCCCCCCCCCCC. The summed E-state index contributed by atoms with van der Waals surface area (Å²) in [6.07, 6.45) is 69.9. The number of carbonyl (C=O) groups is 3. The molecule has 6 heteroatoms. The average molecular weight is 970 g/mol. The van der Waals surface area contributed by atoms with Gasteiger partial charge in [-0.25, -0.2) is 0 Å². The summed E-state index contributed by atoms with van der Waals surface area (Å²) in [5.41, 5.74) is 0. The Morgan fingerprint density at radius 3 is 0.826 bits per heavy atom. The zero-order chi connectivity index (χ0) is 50.0. The van der Waals surface area contributed by atoms with E-state index in [9.17, 15) is 14.4 Å². The standard InChI is InChI=1S/C63H116O6/c1-4-7-10-13-16-19-22-25-28-31-33-35-38-41-44-47-50-53-56-62(65)68-59-60(58-67-61(64)55-52-49-46-43-40-37-34-30-27-24-21-18-15-12-9-6-3)69-63(66)57-54-51-48-45-42-39-36-32-29-26-23-20-17-14-11-8-5-2/h21,24,28,30-31,34,60H,4-20,22-23,25-27,29,32-33,35-59H2,1-3H3/b24-21-,31-28-,34-30-. The van der Waals surface area contributed by atoms with E-state index in [1.165, 1.54) is 212 Å². The topological polar surface area (TPSA) is 78.9 Å². The maximum absolute atomic E-state index is 12.9. The molecule has 0 heterocycles. The molecule has 404 valence electrons. The fourth-order valence-electron chi connectivity index (χ4n) is 9.00. The molecule has 1 unspecified atom stereocenters. The second-order valence-electron chi connectivity index (χ2n) is 20.6. The van der Waals surface area contributed by atoms with Gasteiger partial charge >= 0.3 is 17.9 Å². The highest BCUT2D eigenvalue weighted by Gasteiger charge is 2.19. The first-order valence-corrected chi connectivity index (χ1v) is 30.5. The molecule has 0 radical (unpaired) electrons. The molecule has 0 aromatic rings. The summed E-state index contributed by atoms with van der Waals surface area (Å²) in [6.45, 7) is 6.66. The van der Waals surface area contributed by atoms with E-state index >= 15 is 0 Å². The summed E-state index contributed by atoms with van der Waals surface area (Å²) in [5, 5.41) is 0. The normalized spacial score (nSPS) is 12.2. The van der Waals surface area contributed by atoms with Crippen LogP contribution < -0.4 is 0 Å². The van der Waals surface area contributed by atoms with Crippen molar-refractivity contribution in [2.75, 3.05) is 13.2 Å². The highest BCUT2D eigenvalue weighted by Crippen LogP contribution is 2.17. The molecule has 0 bridgehead atoms. The van der Waals surface area contributed by atoms with Crippen LogP contribution in [0.2, 0.25) is 0 Å². The van der Waals surface area contributed by atoms with Crippen molar-refractivity contribution in [3.8, 4) is 0 Å². The van der Waals surface area contributed by atoms with Crippen molar-refractivity contribution < 1.29 is 28.6 Å². The van der Waals surface area contributed by atoms with Crippen LogP contribution in [0.25, 0.3) is 0 Å². The van der Waals surface area contributed by atoms with Crippen LogP contribution >= 0.6 is 0 Å². The Morgan fingerprint density at radius 2 is 0.522 bits per heavy atom. The summed E-state index contributed by atoms with van der Waals surface area (Å²) in [5.74, 6) is -0.872. The molecule has 0 N–H and O–H groups in total. The number of hydrogen-bond acceptors (Lipinski definition) is 6. The molecule has 0 amide bonds. The van der Waals surface area contributed by atoms with Gasteiger partial charge in [-0.15, -0.1) is 0 Å². The van der Waals surface area contributed by atoms with E-state index in [1.54, 1.807) is 0 Å². The highest BCUT2D eigenvalue weighted by molar-refractivity contribution is 5.71. The minimum atomic E-state index is -0.777. The third-order valence-corrected chi connectivity index (χ3v) is 13.6. The largest absolute Gasteiger partial charge is 0.462 e. The fraction of sp³-hybridized carbons (Fsp3) is 0.857. The molecular formula is C63H116O6. The van der Waals surface area contributed by atoms with Crippen LogP contribution in [0.1, 0.15) is 329 Å². The Kier molecular flexibility index (Phi) is 56.2. The lowest BCUT2D eigenvalue weighted by Gasteiger charge is -2.18. The second-order valence-corrected chi connectivity index (χ2v) is 20.6. The van der Waals surface area contributed by atoms with E-state index in [-0.39, 0.29) is 31.1 Å². The maximum atomic E-state index is 12.9. The zero-order valence-electron chi connectivity index (χ0n) is 46.3. The van der Waals surface area contributed by atoms with Crippen molar-refractivity contribution in [2.24, 2.45) is 0 Å². The van der Waals surface area contributed by atoms with Crippen LogP contribution in [0.5, 0.6) is 0 Å². The molecule has 0 aliphatic rings. The molecule has 0 aliphatic heterocycles. The molecule has 6 nitrogen and oxygen atoms in total. The molecule has 0 aromatic carbocycles. The molecule has 0 spiro atoms. The van der Waals surface area contributed by atoms with Crippen molar-refractivity contribution in [1.29, 1.82) is 0 Å². The second kappa shape index (κ2) is 58.2. The first-order valence-electron chi connectivity index (χ1n) is 30.5. The lowest BCUT2D eigenvalue weighted by Crippen LogP contribution is -2.30. The molecule has 0 rings (SSSR count). The van der Waals surface area contributed by atoms with Crippen LogP contribution in [-0.2, 0) is 28.6 Å². The molecule has 69 heavy (non-hydrogen) atoms. The van der Waals surface area contributed by atoms with Crippen molar-refractivity contribution in [3.05, 3.63) is 36.5 Å². The van der Waals surface area contributed by atoms with Gasteiger partial charge in [-0.2, -0.15) is 0 Å². The highest BCUT2D eigenvalue weighted by atomic mass is 16.6. The molecular weight excluding hydrogens is 853 g/mol. The van der Waals surface area contributed by atoms with E-state index < -0.39 is 6.10 Å². The van der Waals surface area contributed by atoms with Crippen LogP contribution in [0.3, 0.4) is 0 Å². The first-order chi connectivity index (χ1) is 34.0. The Labute approximate surface area is 429 Å². The third-order valence-electron chi connectivity index (χ3n) is 13.6. The predicted molar refractivity (Wildman–Crippen MR) is 298 cm³/mol. The van der Waals surface area contributed by atoms with Gasteiger partial charge in [-0.3, -0.25) is 14.4 Å². The number of hydrogen-bond donors (Lipinski definition) is 0. The Morgan fingerprint density at radius 1 is 0.290 bits per heavy atom. The number of esters is 3. The van der Waals surface area contributed by atoms with E-state index in [1.807, 2.05) is 0 Å². The molecule has 0 saturated carbocycles. The van der Waals surface area contributed by atoms with Crippen molar-refractivity contribution in [3.63, 3.8) is 0 Å². The van der Waals surface area contributed by atoms with Gasteiger partial charge < -0.3 is 14.2 Å². The molecule has 0 aromatic heterocycles. The van der Waals surface area contributed by atoms with Crippen LogP contribution in [0.15, 0.2) is 36.5 Å². The van der Waals surface area contributed by atoms with Crippen LogP contribution in [-0.4, -0.2) is 37.2 Å². The van der Waals surface area contributed by atoms with Crippen LogP contribution in [0, 0.1) is 0 Å². The molecule has 0 aliphatic carbocycles. The summed E-state index contributed by atoms with van der Waals surface area (Å²) in [6, 6.07) is 0. The van der Waals surface area contributed by atoms with Gasteiger partial charge in [0.05, 0.1) is 0 Å². The molecule has 1 atom stereocenters. The number of unbranched alkanes of at least 4 members (excludes halogenated alkanes) is 39. The zero-order valence-corrected chi connectivity index (χ0v) is 46.3. The summed E-state index contributed by atoms with van der Waals surface area (Å²) in [4.78, 5) is 38.2. The van der Waals surface area contributed by atoms with Crippen LogP contribution in [0.4, 0.5) is 0 Å². The Bertz CT molecular complexity index is 1160.